The fraction of sp³-hybridized carbons (Fsp3) is 0.929. The summed E-state index contributed by atoms with van der Waals surface area (Å²) >= 11 is 0. The summed E-state index contributed by atoms with van der Waals surface area (Å²) in [6, 6.07) is -0.719. The molecule has 1 aliphatic heterocycles. The molecule has 3 nitrogen and oxygen atoms in total. The van der Waals surface area contributed by atoms with Gasteiger partial charge in [-0.2, -0.15) is 0 Å². The highest BCUT2D eigenvalue weighted by Crippen LogP contribution is 2.25. The minimum absolute atomic E-state index is 0.265. The highest BCUT2D eigenvalue weighted by molar-refractivity contribution is 5.82. The minimum Gasteiger partial charge on any atom is -0.354 e. The highest BCUT2D eigenvalue weighted by Gasteiger charge is 2.42. The molecule has 1 aliphatic carbocycles. The summed E-state index contributed by atoms with van der Waals surface area (Å²) in [5.74, 6) is -2.48. The van der Waals surface area contributed by atoms with Crippen LogP contribution in [0.25, 0.3) is 0 Å². The molecule has 2 aliphatic rings. The minimum atomic E-state index is -2.73. The molecule has 1 heterocycles. The summed E-state index contributed by atoms with van der Waals surface area (Å²) in [5, 5.41) is 5.44. The number of alkyl halides is 2. The molecule has 0 aromatic heterocycles. The Bertz CT molecular complexity index is 302. The Balaban J connectivity index is 1.70. The molecular formula is C14H24F2N2O. The van der Waals surface area contributed by atoms with E-state index in [0.717, 1.165) is 12.8 Å². The molecule has 0 bridgehead atoms. The van der Waals surface area contributed by atoms with Crippen molar-refractivity contribution in [2.75, 3.05) is 13.1 Å². The summed E-state index contributed by atoms with van der Waals surface area (Å²) in [5.41, 5.74) is 0. The first-order valence-electron chi connectivity index (χ1n) is 7.46. The second kappa shape index (κ2) is 6.64. The molecule has 1 saturated carbocycles. The van der Waals surface area contributed by atoms with Gasteiger partial charge in [0.15, 0.2) is 0 Å². The monoisotopic (exact) mass is 274 g/mol. The summed E-state index contributed by atoms with van der Waals surface area (Å²) in [6.45, 7) is 0.261. The van der Waals surface area contributed by atoms with E-state index in [-0.39, 0.29) is 18.9 Å². The van der Waals surface area contributed by atoms with Gasteiger partial charge in [-0.1, -0.05) is 32.1 Å². The van der Waals surface area contributed by atoms with E-state index in [0.29, 0.717) is 12.5 Å². The lowest BCUT2D eigenvalue weighted by Crippen LogP contribution is -2.42. The Labute approximate surface area is 113 Å². The molecular weight excluding hydrogens is 250 g/mol. The number of halogens is 2. The standard InChI is InChI=1S/C14H24F2N2O/c15-14(16)8-12(18-10-14)13(19)17-9-11-6-4-2-1-3-5-7-11/h11-12,18H,1-10H2,(H,17,19). The second-order valence-corrected chi connectivity index (χ2v) is 5.95. The third kappa shape index (κ3) is 4.71. The SMILES string of the molecule is O=C(NCC1CCCCCCC1)C1CC(F)(F)CN1. The van der Waals surface area contributed by atoms with Gasteiger partial charge in [-0.3, -0.25) is 10.1 Å². The lowest BCUT2D eigenvalue weighted by molar-refractivity contribution is -0.123. The predicted octanol–water partition coefficient (Wildman–Crippen LogP) is 2.46. The van der Waals surface area contributed by atoms with Gasteiger partial charge in [-0.05, 0) is 18.8 Å². The number of nitrogens with one attached hydrogen (secondary N) is 2. The van der Waals surface area contributed by atoms with Crippen LogP contribution in [0.3, 0.4) is 0 Å². The van der Waals surface area contributed by atoms with Crippen LogP contribution in [0.15, 0.2) is 0 Å². The second-order valence-electron chi connectivity index (χ2n) is 5.95. The Hall–Kier alpha value is -0.710. The van der Waals surface area contributed by atoms with Gasteiger partial charge >= 0.3 is 0 Å². The van der Waals surface area contributed by atoms with E-state index in [9.17, 15) is 13.6 Å². The van der Waals surface area contributed by atoms with E-state index in [2.05, 4.69) is 10.6 Å². The molecule has 2 rings (SSSR count). The van der Waals surface area contributed by atoms with Crippen LogP contribution in [0.5, 0.6) is 0 Å². The molecule has 0 aromatic carbocycles. The van der Waals surface area contributed by atoms with E-state index < -0.39 is 12.0 Å². The van der Waals surface area contributed by atoms with E-state index in [1.165, 1.54) is 32.1 Å². The molecule has 1 saturated heterocycles. The summed E-state index contributed by atoms with van der Waals surface area (Å²) in [7, 11) is 0. The normalized spacial score (nSPS) is 28.6. The van der Waals surface area contributed by atoms with Crippen LogP contribution in [0.4, 0.5) is 8.78 Å². The predicted molar refractivity (Wildman–Crippen MR) is 70.2 cm³/mol. The number of carbonyl (C=O) groups excluding carboxylic acids is 1. The van der Waals surface area contributed by atoms with Gasteiger partial charge in [0.05, 0.1) is 12.6 Å². The molecule has 0 radical (unpaired) electrons. The van der Waals surface area contributed by atoms with Crippen molar-refractivity contribution in [2.45, 2.75) is 63.3 Å². The molecule has 2 fully saturated rings. The maximum Gasteiger partial charge on any atom is 0.262 e. The van der Waals surface area contributed by atoms with Crippen molar-refractivity contribution in [1.82, 2.24) is 10.6 Å². The summed E-state index contributed by atoms with van der Waals surface area (Å²) in [4.78, 5) is 11.8. The van der Waals surface area contributed by atoms with E-state index in [1.807, 2.05) is 0 Å². The first kappa shape index (κ1) is 14.7. The molecule has 110 valence electrons. The van der Waals surface area contributed by atoms with Crippen LogP contribution >= 0.6 is 0 Å². The zero-order valence-electron chi connectivity index (χ0n) is 11.4. The summed E-state index contributed by atoms with van der Waals surface area (Å²) in [6.07, 6.45) is 8.25. The third-order valence-electron chi connectivity index (χ3n) is 4.22. The Morgan fingerprint density at radius 1 is 1.16 bits per heavy atom. The van der Waals surface area contributed by atoms with Crippen LogP contribution in [0.1, 0.15) is 51.4 Å². The zero-order chi connectivity index (χ0) is 13.7. The first-order valence-corrected chi connectivity index (χ1v) is 7.46. The molecule has 1 amide bonds. The van der Waals surface area contributed by atoms with E-state index in [1.54, 1.807) is 0 Å². The van der Waals surface area contributed by atoms with Crippen LogP contribution in [0, 0.1) is 5.92 Å². The maximum atomic E-state index is 13.0. The fourth-order valence-electron chi connectivity index (χ4n) is 3.01. The molecule has 0 spiro atoms. The van der Waals surface area contributed by atoms with Gasteiger partial charge in [-0.25, -0.2) is 8.78 Å². The van der Waals surface area contributed by atoms with Crippen molar-refractivity contribution in [1.29, 1.82) is 0 Å². The van der Waals surface area contributed by atoms with Crippen molar-refractivity contribution in [2.24, 2.45) is 5.92 Å². The van der Waals surface area contributed by atoms with Gasteiger partial charge in [0, 0.05) is 13.0 Å². The zero-order valence-corrected chi connectivity index (χ0v) is 11.4. The van der Waals surface area contributed by atoms with Crippen molar-refractivity contribution in [3.8, 4) is 0 Å². The quantitative estimate of drug-likeness (QED) is 0.830. The van der Waals surface area contributed by atoms with Crippen molar-refractivity contribution >= 4 is 5.91 Å². The molecule has 19 heavy (non-hydrogen) atoms. The molecule has 1 atom stereocenters. The molecule has 2 N–H and O–H groups in total. The number of hydrogen-bond donors (Lipinski definition) is 2. The van der Waals surface area contributed by atoms with Gasteiger partial charge in [0.25, 0.3) is 5.92 Å². The lowest BCUT2D eigenvalue weighted by atomic mass is 9.91. The fourth-order valence-corrected chi connectivity index (χ4v) is 3.01. The molecule has 0 aromatic rings. The van der Waals surface area contributed by atoms with E-state index >= 15 is 0 Å². The molecule has 5 heteroatoms. The van der Waals surface area contributed by atoms with E-state index in [4.69, 9.17) is 0 Å². The Morgan fingerprint density at radius 3 is 2.37 bits per heavy atom. The third-order valence-corrected chi connectivity index (χ3v) is 4.22. The smallest absolute Gasteiger partial charge is 0.262 e. The number of hydrogen-bond acceptors (Lipinski definition) is 2. The summed E-state index contributed by atoms with van der Waals surface area (Å²) < 4.78 is 26.0. The average Bonchev–Trinajstić information content (AvgIpc) is 2.68. The first-order chi connectivity index (χ1) is 9.07. The number of carbonyl (C=O) groups is 1. The Kier molecular flexibility index (Phi) is 5.13. The molecule has 1 unspecified atom stereocenters. The van der Waals surface area contributed by atoms with Gasteiger partial charge < -0.3 is 5.32 Å². The highest BCUT2D eigenvalue weighted by atomic mass is 19.3. The topological polar surface area (TPSA) is 41.1 Å². The largest absolute Gasteiger partial charge is 0.354 e. The average molecular weight is 274 g/mol. The van der Waals surface area contributed by atoms with Gasteiger partial charge in [0.1, 0.15) is 0 Å². The van der Waals surface area contributed by atoms with Crippen LogP contribution in [-0.2, 0) is 4.79 Å². The van der Waals surface area contributed by atoms with Crippen LogP contribution in [-0.4, -0.2) is 31.0 Å². The maximum absolute atomic E-state index is 13.0. The number of rotatable bonds is 3. The number of amides is 1. The van der Waals surface area contributed by atoms with Gasteiger partial charge in [-0.15, -0.1) is 0 Å². The lowest BCUT2D eigenvalue weighted by Gasteiger charge is -2.21. The van der Waals surface area contributed by atoms with Crippen molar-refractivity contribution in [3.05, 3.63) is 0 Å². The Morgan fingerprint density at radius 2 is 1.79 bits per heavy atom. The van der Waals surface area contributed by atoms with Crippen LogP contribution < -0.4 is 10.6 Å². The van der Waals surface area contributed by atoms with Crippen LogP contribution in [0.2, 0.25) is 0 Å². The van der Waals surface area contributed by atoms with Crippen molar-refractivity contribution in [3.63, 3.8) is 0 Å². The van der Waals surface area contributed by atoms with Gasteiger partial charge in [0.2, 0.25) is 5.91 Å². The van der Waals surface area contributed by atoms with Crippen molar-refractivity contribution < 1.29 is 13.6 Å².